The molecule has 0 aromatic carbocycles. The lowest BCUT2D eigenvalue weighted by Gasteiger charge is -2.32. The minimum Gasteiger partial charge on any atom is -0.390 e. The summed E-state index contributed by atoms with van der Waals surface area (Å²) in [5.74, 6) is 0.0899. The Morgan fingerprint density at radius 1 is 1.16 bits per heavy atom. The van der Waals surface area contributed by atoms with Crippen molar-refractivity contribution in [1.29, 1.82) is 0 Å². The third kappa shape index (κ3) is 3.89. The summed E-state index contributed by atoms with van der Waals surface area (Å²) in [5, 5.41) is 40.2. The molecule has 0 unspecified atom stereocenters. The van der Waals surface area contributed by atoms with E-state index < -0.39 is 24.4 Å². The van der Waals surface area contributed by atoms with E-state index in [1.807, 2.05) is 19.9 Å². The molecule has 0 radical (unpaired) electrons. The molecule has 1 aliphatic rings. The van der Waals surface area contributed by atoms with Gasteiger partial charge in [0, 0.05) is 0 Å². The Hall–Kier alpha value is -0.680. The maximum atomic E-state index is 10.3. The highest BCUT2D eigenvalue weighted by molar-refractivity contribution is 5.15. The van der Waals surface area contributed by atoms with Gasteiger partial charge in [-0.15, -0.1) is 0 Å². The first-order valence-electron chi connectivity index (χ1n) is 6.82. The zero-order valence-corrected chi connectivity index (χ0v) is 12.0. The van der Waals surface area contributed by atoms with Crippen LogP contribution in [0.15, 0.2) is 23.8 Å². The van der Waals surface area contributed by atoms with Gasteiger partial charge in [0.15, 0.2) is 0 Å². The van der Waals surface area contributed by atoms with Gasteiger partial charge < -0.3 is 20.4 Å². The van der Waals surface area contributed by atoms with Crippen LogP contribution in [0.4, 0.5) is 0 Å². The molecule has 0 aromatic heterocycles. The highest BCUT2D eigenvalue weighted by atomic mass is 16.3. The molecule has 0 aliphatic heterocycles. The summed E-state index contributed by atoms with van der Waals surface area (Å²) >= 11 is 0. The number of aliphatic hydroxyl groups is 4. The summed E-state index contributed by atoms with van der Waals surface area (Å²) in [7, 11) is 0. The van der Waals surface area contributed by atoms with E-state index in [0.717, 1.165) is 0 Å². The number of rotatable bonds is 1. The van der Waals surface area contributed by atoms with Crippen LogP contribution in [0.1, 0.15) is 33.6 Å². The number of aliphatic hydroxyl groups excluding tert-OH is 4. The summed E-state index contributed by atoms with van der Waals surface area (Å²) in [6.07, 6.45) is -1.45. The standard InChI is InChI=1S/C15H26O4/c1-8(2)11-6-5-9(3)13(17)12(16)7-10(4)14(18)15(11)19/h5,8,11-19H,4,6-7H2,1-3H3/b9-5-/t11-,12+,13+,14-,15+/m0/s1. The molecule has 0 aromatic rings. The number of hydrogen-bond acceptors (Lipinski definition) is 4. The molecule has 0 spiro atoms. The zero-order valence-electron chi connectivity index (χ0n) is 12.0. The Bertz CT molecular complexity index is 348. The second-order valence-corrected chi connectivity index (χ2v) is 5.90. The molecule has 5 atom stereocenters. The third-order valence-corrected chi connectivity index (χ3v) is 4.05. The third-order valence-electron chi connectivity index (χ3n) is 4.05. The molecule has 4 nitrogen and oxygen atoms in total. The van der Waals surface area contributed by atoms with Gasteiger partial charge in [0.05, 0.1) is 12.2 Å². The first-order valence-corrected chi connectivity index (χ1v) is 6.82. The van der Waals surface area contributed by atoms with Crippen molar-refractivity contribution in [1.82, 2.24) is 0 Å². The molecule has 110 valence electrons. The fraction of sp³-hybridized carbons (Fsp3) is 0.733. The highest BCUT2D eigenvalue weighted by Gasteiger charge is 2.32. The molecule has 1 rings (SSSR count). The van der Waals surface area contributed by atoms with E-state index in [0.29, 0.717) is 17.6 Å². The predicted molar refractivity (Wildman–Crippen MR) is 74.5 cm³/mol. The van der Waals surface area contributed by atoms with Gasteiger partial charge in [-0.1, -0.05) is 26.5 Å². The van der Waals surface area contributed by atoms with Crippen LogP contribution in [0.2, 0.25) is 0 Å². The van der Waals surface area contributed by atoms with E-state index in [1.165, 1.54) is 0 Å². The minimum absolute atomic E-state index is 0.0788. The Balaban J connectivity index is 3.06. The summed E-state index contributed by atoms with van der Waals surface area (Å²) in [6.45, 7) is 9.46. The van der Waals surface area contributed by atoms with Gasteiger partial charge in [0.25, 0.3) is 0 Å². The van der Waals surface area contributed by atoms with E-state index in [2.05, 4.69) is 6.58 Å². The van der Waals surface area contributed by atoms with Crippen molar-refractivity contribution >= 4 is 0 Å². The molecule has 4 N–H and O–H groups in total. The predicted octanol–water partition coefficient (Wildman–Crippen LogP) is 0.998. The molecular formula is C15H26O4. The second-order valence-electron chi connectivity index (χ2n) is 5.90. The lowest BCUT2D eigenvalue weighted by molar-refractivity contribution is -0.0214. The molecule has 0 heterocycles. The van der Waals surface area contributed by atoms with E-state index >= 15 is 0 Å². The fourth-order valence-corrected chi connectivity index (χ4v) is 2.53. The summed E-state index contributed by atoms with van der Waals surface area (Å²) in [4.78, 5) is 0. The van der Waals surface area contributed by atoms with Gasteiger partial charge >= 0.3 is 0 Å². The van der Waals surface area contributed by atoms with Crippen molar-refractivity contribution in [3.63, 3.8) is 0 Å². The smallest absolute Gasteiger partial charge is 0.101 e. The minimum atomic E-state index is -1.07. The fourth-order valence-electron chi connectivity index (χ4n) is 2.53. The average molecular weight is 270 g/mol. The lowest BCUT2D eigenvalue weighted by Crippen LogP contribution is -2.40. The zero-order chi connectivity index (χ0) is 14.7. The molecule has 0 saturated carbocycles. The van der Waals surface area contributed by atoms with Crippen LogP contribution in [-0.4, -0.2) is 44.8 Å². The quantitative estimate of drug-likeness (QED) is 0.536. The molecule has 0 fully saturated rings. The second kappa shape index (κ2) is 6.66. The van der Waals surface area contributed by atoms with Gasteiger partial charge in [0.1, 0.15) is 12.2 Å². The summed E-state index contributed by atoms with van der Waals surface area (Å²) < 4.78 is 0. The lowest BCUT2D eigenvalue weighted by atomic mass is 9.80. The first kappa shape index (κ1) is 16.4. The Morgan fingerprint density at radius 2 is 1.74 bits per heavy atom. The van der Waals surface area contributed by atoms with E-state index in [4.69, 9.17) is 0 Å². The average Bonchev–Trinajstić information content (AvgIpc) is 2.34. The van der Waals surface area contributed by atoms with E-state index in [1.54, 1.807) is 6.92 Å². The summed E-state index contributed by atoms with van der Waals surface area (Å²) in [6, 6.07) is 0. The Labute approximate surface area is 115 Å². The molecule has 0 amide bonds. The van der Waals surface area contributed by atoms with Crippen LogP contribution in [0.5, 0.6) is 0 Å². The van der Waals surface area contributed by atoms with Gasteiger partial charge in [-0.2, -0.15) is 0 Å². The number of allylic oxidation sites excluding steroid dienone is 1. The van der Waals surface area contributed by atoms with Gasteiger partial charge in [-0.05, 0) is 42.7 Å². The van der Waals surface area contributed by atoms with Crippen molar-refractivity contribution in [2.45, 2.75) is 58.0 Å². The normalized spacial score (nSPS) is 40.9. The molecule has 4 heteroatoms. The van der Waals surface area contributed by atoms with Crippen molar-refractivity contribution in [3.8, 4) is 0 Å². The van der Waals surface area contributed by atoms with Gasteiger partial charge in [-0.3, -0.25) is 0 Å². The maximum Gasteiger partial charge on any atom is 0.101 e. The Morgan fingerprint density at radius 3 is 2.26 bits per heavy atom. The van der Waals surface area contributed by atoms with Crippen molar-refractivity contribution in [3.05, 3.63) is 23.8 Å². The first-order chi connectivity index (χ1) is 8.75. The van der Waals surface area contributed by atoms with Crippen LogP contribution in [-0.2, 0) is 0 Å². The van der Waals surface area contributed by atoms with E-state index in [9.17, 15) is 20.4 Å². The van der Waals surface area contributed by atoms with E-state index in [-0.39, 0.29) is 18.3 Å². The topological polar surface area (TPSA) is 80.9 Å². The van der Waals surface area contributed by atoms with Crippen LogP contribution < -0.4 is 0 Å². The molecule has 19 heavy (non-hydrogen) atoms. The number of hydrogen-bond donors (Lipinski definition) is 4. The largest absolute Gasteiger partial charge is 0.390 e. The maximum absolute atomic E-state index is 10.3. The van der Waals surface area contributed by atoms with Crippen molar-refractivity contribution in [2.24, 2.45) is 11.8 Å². The van der Waals surface area contributed by atoms with Gasteiger partial charge in [0.2, 0.25) is 0 Å². The Kier molecular flexibility index (Phi) is 5.74. The molecule has 1 aliphatic carbocycles. The molecular weight excluding hydrogens is 244 g/mol. The van der Waals surface area contributed by atoms with Crippen LogP contribution in [0, 0.1) is 11.8 Å². The van der Waals surface area contributed by atoms with Crippen molar-refractivity contribution < 1.29 is 20.4 Å². The van der Waals surface area contributed by atoms with Crippen molar-refractivity contribution in [2.75, 3.05) is 0 Å². The molecule has 0 bridgehead atoms. The van der Waals surface area contributed by atoms with Gasteiger partial charge in [-0.25, -0.2) is 0 Å². The van der Waals surface area contributed by atoms with Crippen LogP contribution in [0.25, 0.3) is 0 Å². The monoisotopic (exact) mass is 270 g/mol. The van der Waals surface area contributed by atoms with Crippen LogP contribution in [0.3, 0.4) is 0 Å². The summed E-state index contributed by atoms with van der Waals surface area (Å²) in [5.41, 5.74) is 1.05. The SMILES string of the molecule is C=C1C[C@@H](O)[C@H](O)/C(C)=C\C[C@@H](C(C)C)[C@@H](O)[C@H]1O. The van der Waals surface area contributed by atoms with Crippen LogP contribution >= 0.6 is 0 Å². The molecule has 0 saturated heterocycles. The highest BCUT2D eigenvalue weighted by Crippen LogP contribution is 2.29.